The topological polar surface area (TPSA) is 71.1 Å². The number of carbonyl (C=O) groups is 2. The SMILES string of the molecule is CC(=O)NCCNC(=O)c1cc2ccc(F)cc2nc1C. The molecule has 1 aromatic heterocycles. The van der Waals surface area contributed by atoms with E-state index in [0.29, 0.717) is 35.2 Å². The summed E-state index contributed by atoms with van der Waals surface area (Å²) in [7, 11) is 0. The minimum absolute atomic E-state index is 0.144. The number of hydrogen-bond donors (Lipinski definition) is 2. The van der Waals surface area contributed by atoms with Crippen molar-refractivity contribution < 1.29 is 14.0 Å². The molecule has 0 radical (unpaired) electrons. The number of hydrogen-bond acceptors (Lipinski definition) is 3. The number of nitrogens with zero attached hydrogens (tertiary/aromatic N) is 1. The lowest BCUT2D eigenvalue weighted by atomic mass is 10.1. The first-order valence-corrected chi connectivity index (χ1v) is 6.57. The van der Waals surface area contributed by atoms with E-state index >= 15 is 0 Å². The average Bonchev–Trinajstić information content (AvgIpc) is 2.42. The zero-order valence-corrected chi connectivity index (χ0v) is 11.9. The van der Waals surface area contributed by atoms with E-state index in [9.17, 15) is 14.0 Å². The summed E-state index contributed by atoms with van der Waals surface area (Å²) in [5.41, 5.74) is 1.49. The second-order valence-corrected chi connectivity index (χ2v) is 4.70. The number of fused-ring (bicyclic) bond motifs is 1. The van der Waals surface area contributed by atoms with Gasteiger partial charge >= 0.3 is 0 Å². The van der Waals surface area contributed by atoms with Gasteiger partial charge < -0.3 is 10.6 Å². The molecule has 21 heavy (non-hydrogen) atoms. The van der Waals surface area contributed by atoms with Gasteiger partial charge in [-0.25, -0.2) is 4.39 Å². The standard InChI is InChI=1S/C15H16FN3O2/c1-9-13(15(21)18-6-5-17-10(2)20)7-11-3-4-12(16)8-14(11)19-9/h3-4,7-8H,5-6H2,1-2H3,(H,17,20)(H,18,21). The Kier molecular flexibility index (Phi) is 4.47. The highest BCUT2D eigenvalue weighted by molar-refractivity contribution is 5.98. The summed E-state index contributed by atoms with van der Waals surface area (Å²) in [4.78, 5) is 27.0. The van der Waals surface area contributed by atoms with Crippen LogP contribution in [0.25, 0.3) is 10.9 Å². The number of aryl methyl sites for hydroxylation is 1. The Morgan fingerprint density at radius 3 is 2.62 bits per heavy atom. The van der Waals surface area contributed by atoms with Gasteiger partial charge in [0.05, 0.1) is 16.8 Å². The lowest BCUT2D eigenvalue weighted by molar-refractivity contribution is -0.118. The number of aromatic nitrogens is 1. The Balaban J connectivity index is 2.13. The van der Waals surface area contributed by atoms with Crippen LogP contribution in [0.3, 0.4) is 0 Å². The van der Waals surface area contributed by atoms with Crippen LogP contribution in [0.2, 0.25) is 0 Å². The number of benzene rings is 1. The van der Waals surface area contributed by atoms with Gasteiger partial charge in [0.15, 0.2) is 0 Å². The second-order valence-electron chi connectivity index (χ2n) is 4.70. The highest BCUT2D eigenvalue weighted by Crippen LogP contribution is 2.17. The molecular weight excluding hydrogens is 273 g/mol. The molecule has 0 saturated carbocycles. The molecule has 1 aromatic carbocycles. The third kappa shape index (κ3) is 3.75. The largest absolute Gasteiger partial charge is 0.355 e. The Labute approximate surface area is 121 Å². The lowest BCUT2D eigenvalue weighted by Crippen LogP contribution is -2.34. The summed E-state index contributed by atoms with van der Waals surface area (Å²) in [5.74, 6) is -0.770. The minimum atomic E-state index is -0.359. The molecule has 110 valence electrons. The molecule has 2 aromatic rings. The molecule has 0 bridgehead atoms. The number of pyridine rings is 1. The monoisotopic (exact) mass is 289 g/mol. The maximum absolute atomic E-state index is 13.1. The second kappa shape index (κ2) is 6.30. The van der Waals surface area contributed by atoms with Gasteiger partial charge in [0, 0.05) is 31.5 Å². The highest BCUT2D eigenvalue weighted by atomic mass is 19.1. The normalized spacial score (nSPS) is 10.4. The van der Waals surface area contributed by atoms with Gasteiger partial charge in [-0.05, 0) is 25.1 Å². The van der Waals surface area contributed by atoms with Crippen molar-refractivity contribution in [1.29, 1.82) is 0 Å². The van der Waals surface area contributed by atoms with E-state index in [0.717, 1.165) is 0 Å². The number of amides is 2. The molecule has 2 N–H and O–H groups in total. The third-order valence-corrected chi connectivity index (χ3v) is 3.00. The maximum Gasteiger partial charge on any atom is 0.253 e. The average molecular weight is 289 g/mol. The first-order chi connectivity index (χ1) is 9.97. The summed E-state index contributed by atoms with van der Waals surface area (Å²) in [6, 6.07) is 5.94. The molecule has 0 fully saturated rings. The summed E-state index contributed by atoms with van der Waals surface area (Å²) in [5, 5.41) is 6.00. The predicted molar refractivity (Wildman–Crippen MR) is 77.5 cm³/mol. The van der Waals surface area contributed by atoms with E-state index in [1.807, 2.05) is 0 Å². The van der Waals surface area contributed by atoms with Crippen LogP contribution >= 0.6 is 0 Å². The van der Waals surface area contributed by atoms with Crippen molar-refractivity contribution in [3.05, 3.63) is 41.3 Å². The van der Waals surface area contributed by atoms with Crippen LogP contribution < -0.4 is 10.6 Å². The number of nitrogens with one attached hydrogen (secondary N) is 2. The van der Waals surface area contributed by atoms with E-state index in [-0.39, 0.29) is 17.6 Å². The van der Waals surface area contributed by atoms with Gasteiger partial charge in [0.1, 0.15) is 5.82 Å². The van der Waals surface area contributed by atoms with Crippen LogP contribution in [0, 0.1) is 12.7 Å². The minimum Gasteiger partial charge on any atom is -0.355 e. The zero-order valence-electron chi connectivity index (χ0n) is 11.9. The van der Waals surface area contributed by atoms with Crippen LogP contribution in [-0.2, 0) is 4.79 Å². The Morgan fingerprint density at radius 2 is 1.90 bits per heavy atom. The van der Waals surface area contributed by atoms with E-state index in [1.165, 1.54) is 19.1 Å². The Hall–Kier alpha value is -2.50. The van der Waals surface area contributed by atoms with Crippen molar-refractivity contribution in [1.82, 2.24) is 15.6 Å². The smallest absolute Gasteiger partial charge is 0.253 e. The van der Waals surface area contributed by atoms with Crippen molar-refractivity contribution in [3.63, 3.8) is 0 Å². The van der Waals surface area contributed by atoms with E-state index in [1.54, 1.807) is 19.1 Å². The van der Waals surface area contributed by atoms with Crippen LogP contribution in [0.1, 0.15) is 23.0 Å². The predicted octanol–water partition coefficient (Wildman–Crippen LogP) is 1.55. The van der Waals surface area contributed by atoms with Gasteiger partial charge in [-0.3, -0.25) is 14.6 Å². The van der Waals surface area contributed by atoms with Crippen molar-refractivity contribution in [3.8, 4) is 0 Å². The summed E-state index contributed by atoms with van der Waals surface area (Å²) >= 11 is 0. The summed E-state index contributed by atoms with van der Waals surface area (Å²) in [6.45, 7) is 3.82. The van der Waals surface area contributed by atoms with E-state index in [4.69, 9.17) is 0 Å². The van der Waals surface area contributed by atoms with E-state index in [2.05, 4.69) is 15.6 Å². The fourth-order valence-electron chi connectivity index (χ4n) is 1.98. The fourth-order valence-corrected chi connectivity index (χ4v) is 1.98. The third-order valence-electron chi connectivity index (χ3n) is 3.00. The molecule has 0 spiro atoms. The fraction of sp³-hybridized carbons (Fsp3) is 0.267. The van der Waals surface area contributed by atoms with Crippen molar-refractivity contribution in [2.75, 3.05) is 13.1 Å². The highest BCUT2D eigenvalue weighted by Gasteiger charge is 2.11. The van der Waals surface area contributed by atoms with Crippen LogP contribution in [0.15, 0.2) is 24.3 Å². The van der Waals surface area contributed by atoms with Gasteiger partial charge in [0.25, 0.3) is 5.91 Å². The summed E-state index contributed by atoms with van der Waals surface area (Å²) < 4.78 is 13.1. The van der Waals surface area contributed by atoms with Gasteiger partial charge in [0.2, 0.25) is 5.91 Å². The van der Waals surface area contributed by atoms with Crippen molar-refractivity contribution >= 4 is 22.7 Å². The molecule has 1 heterocycles. The molecule has 0 unspecified atom stereocenters. The molecule has 0 saturated heterocycles. The quantitative estimate of drug-likeness (QED) is 0.839. The van der Waals surface area contributed by atoms with Crippen molar-refractivity contribution in [2.45, 2.75) is 13.8 Å². The van der Waals surface area contributed by atoms with Crippen LogP contribution in [0.5, 0.6) is 0 Å². The maximum atomic E-state index is 13.1. The molecule has 0 aliphatic carbocycles. The Bertz CT molecular complexity index is 701. The lowest BCUT2D eigenvalue weighted by Gasteiger charge is -2.09. The molecule has 2 rings (SSSR count). The summed E-state index contributed by atoms with van der Waals surface area (Å²) in [6.07, 6.45) is 0. The molecular formula is C15H16FN3O2. The van der Waals surface area contributed by atoms with E-state index < -0.39 is 0 Å². The molecule has 6 heteroatoms. The number of halogens is 1. The molecule has 0 aliphatic rings. The van der Waals surface area contributed by atoms with Gasteiger partial charge in [-0.2, -0.15) is 0 Å². The number of rotatable bonds is 4. The van der Waals surface area contributed by atoms with Crippen LogP contribution in [0.4, 0.5) is 4.39 Å². The van der Waals surface area contributed by atoms with Gasteiger partial charge in [-0.15, -0.1) is 0 Å². The first kappa shape index (κ1) is 14.9. The zero-order chi connectivity index (χ0) is 15.4. The van der Waals surface area contributed by atoms with Gasteiger partial charge in [-0.1, -0.05) is 0 Å². The number of carbonyl (C=O) groups excluding carboxylic acids is 2. The molecule has 5 nitrogen and oxygen atoms in total. The first-order valence-electron chi connectivity index (χ1n) is 6.57. The van der Waals surface area contributed by atoms with Crippen molar-refractivity contribution in [2.24, 2.45) is 0 Å². The van der Waals surface area contributed by atoms with Crippen LogP contribution in [-0.4, -0.2) is 29.9 Å². The molecule has 2 amide bonds. The molecule has 0 aliphatic heterocycles. The Morgan fingerprint density at radius 1 is 1.19 bits per heavy atom. The molecule has 0 atom stereocenters.